The minimum atomic E-state index is -3.02. The summed E-state index contributed by atoms with van der Waals surface area (Å²) in [5.41, 5.74) is 5.94. The Labute approximate surface area is 121 Å². The van der Waals surface area contributed by atoms with Crippen LogP contribution < -0.4 is 5.73 Å². The van der Waals surface area contributed by atoms with Gasteiger partial charge in [0.2, 0.25) is 5.91 Å². The van der Waals surface area contributed by atoms with E-state index in [2.05, 4.69) is 0 Å². The van der Waals surface area contributed by atoms with E-state index >= 15 is 0 Å². The molecule has 0 aliphatic carbocycles. The molecular formula is C13H26N2O4S. The molecule has 2 atom stereocenters. The summed E-state index contributed by atoms with van der Waals surface area (Å²) in [7, 11) is -1.47. The Kier molecular flexibility index (Phi) is 6.42. The zero-order valence-corrected chi connectivity index (χ0v) is 13.4. The lowest BCUT2D eigenvalue weighted by atomic mass is 10.0. The Morgan fingerprint density at radius 2 is 2.10 bits per heavy atom. The highest BCUT2D eigenvalue weighted by molar-refractivity contribution is 7.91. The number of nitrogens with two attached hydrogens (primary N) is 1. The number of sulfone groups is 1. The van der Waals surface area contributed by atoms with Gasteiger partial charge in [-0.15, -0.1) is 0 Å². The maximum Gasteiger partial charge on any atom is 0.239 e. The predicted molar refractivity (Wildman–Crippen MR) is 78.1 cm³/mol. The zero-order chi connectivity index (χ0) is 15.3. The van der Waals surface area contributed by atoms with Crippen LogP contribution >= 0.6 is 0 Å². The number of amides is 1. The van der Waals surface area contributed by atoms with Gasteiger partial charge in [-0.25, -0.2) is 8.42 Å². The lowest BCUT2D eigenvalue weighted by Gasteiger charge is -2.31. The van der Waals surface area contributed by atoms with Crippen LogP contribution in [0.4, 0.5) is 0 Å². The van der Waals surface area contributed by atoms with Gasteiger partial charge in [0, 0.05) is 19.7 Å². The van der Waals surface area contributed by atoms with Gasteiger partial charge < -0.3 is 15.4 Å². The first-order valence-corrected chi connectivity index (χ1v) is 8.84. The fourth-order valence-electron chi connectivity index (χ4n) is 2.51. The van der Waals surface area contributed by atoms with Gasteiger partial charge in [-0.3, -0.25) is 4.79 Å². The van der Waals surface area contributed by atoms with Gasteiger partial charge in [-0.2, -0.15) is 0 Å². The Hall–Kier alpha value is -0.660. The highest BCUT2D eigenvalue weighted by atomic mass is 32.2. The molecule has 1 unspecified atom stereocenters. The number of methoxy groups -OCH3 is 1. The van der Waals surface area contributed by atoms with Crippen LogP contribution in [0.1, 0.15) is 26.7 Å². The van der Waals surface area contributed by atoms with E-state index < -0.39 is 15.9 Å². The Balaban J connectivity index is 2.75. The largest absolute Gasteiger partial charge is 0.383 e. The fraction of sp³-hybridized carbons (Fsp3) is 0.923. The van der Waals surface area contributed by atoms with E-state index in [4.69, 9.17) is 10.5 Å². The molecule has 7 heteroatoms. The minimum Gasteiger partial charge on any atom is -0.383 e. The maximum atomic E-state index is 12.4. The Morgan fingerprint density at radius 1 is 1.45 bits per heavy atom. The van der Waals surface area contributed by atoms with Gasteiger partial charge in [-0.1, -0.05) is 13.8 Å². The summed E-state index contributed by atoms with van der Waals surface area (Å²) < 4.78 is 28.2. The molecule has 6 nitrogen and oxygen atoms in total. The SMILES string of the molecule is COCCN(C(=O)[C@H](N)CC(C)C)C1CCS(=O)(=O)C1. The monoisotopic (exact) mass is 306 g/mol. The molecule has 1 aliphatic heterocycles. The van der Waals surface area contributed by atoms with Crippen molar-refractivity contribution in [1.29, 1.82) is 0 Å². The molecule has 0 aromatic carbocycles. The van der Waals surface area contributed by atoms with Crippen molar-refractivity contribution in [1.82, 2.24) is 4.90 Å². The van der Waals surface area contributed by atoms with E-state index in [-0.39, 0.29) is 23.5 Å². The van der Waals surface area contributed by atoms with Crippen molar-refractivity contribution < 1.29 is 17.9 Å². The van der Waals surface area contributed by atoms with Crippen LogP contribution in [0.2, 0.25) is 0 Å². The predicted octanol–water partition coefficient (Wildman–Crippen LogP) is 0.0219. The molecule has 0 radical (unpaired) electrons. The molecule has 118 valence electrons. The molecule has 1 rings (SSSR count). The summed E-state index contributed by atoms with van der Waals surface area (Å²) >= 11 is 0. The lowest BCUT2D eigenvalue weighted by Crippen LogP contribution is -2.50. The van der Waals surface area contributed by atoms with E-state index in [1.54, 1.807) is 12.0 Å². The first-order valence-electron chi connectivity index (χ1n) is 7.02. The molecule has 1 fully saturated rings. The van der Waals surface area contributed by atoms with Gasteiger partial charge in [0.05, 0.1) is 24.2 Å². The topological polar surface area (TPSA) is 89.7 Å². The molecule has 0 aromatic rings. The van der Waals surface area contributed by atoms with Crippen molar-refractivity contribution in [2.45, 2.75) is 38.8 Å². The molecule has 1 saturated heterocycles. The molecule has 0 spiro atoms. The van der Waals surface area contributed by atoms with Gasteiger partial charge in [-0.05, 0) is 18.8 Å². The molecule has 2 N–H and O–H groups in total. The third-order valence-corrected chi connectivity index (χ3v) is 5.26. The molecule has 1 amide bonds. The number of hydrogen-bond donors (Lipinski definition) is 1. The number of nitrogens with zero attached hydrogens (tertiary/aromatic N) is 1. The fourth-order valence-corrected chi connectivity index (χ4v) is 4.24. The summed E-state index contributed by atoms with van der Waals surface area (Å²) in [5.74, 6) is 0.341. The third-order valence-electron chi connectivity index (χ3n) is 3.51. The smallest absolute Gasteiger partial charge is 0.239 e. The highest BCUT2D eigenvalue weighted by Crippen LogP contribution is 2.19. The minimum absolute atomic E-state index is 0.0385. The van der Waals surface area contributed by atoms with Crippen LogP contribution in [0.5, 0.6) is 0 Å². The van der Waals surface area contributed by atoms with Crippen molar-refractivity contribution >= 4 is 15.7 Å². The number of hydrogen-bond acceptors (Lipinski definition) is 5. The highest BCUT2D eigenvalue weighted by Gasteiger charge is 2.36. The summed E-state index contributed by atoms with van der Waals surface area (Å²) in [6, 6.07) is -0.837. The van der Waals surface area contributed by atoms with Gasteiger partial charge >= 0.3 is 0 Å². The number of carbonyl (C=O) groups is 1. The summed E-state index contributed by atoms with van der Waals surface area (Å²) in [6.45, 7) is 4.79. The average Bonchev–Trinajstić information content (AvgIpc) is 2.69. The molecule has 0 aromatic heterocycles. The molecule has 0 bridgehead atoms. The van der Waals surface area contributed by atoms with Crippen molar-refractivity contribution in [3.63, 3.8) is 0 Å². The summed E-state index contributed by atoms with van der Waals surface area (Å²) in [5, 5.41) is 0. The number of rotatable bonds is 7. The third kappa shape index (κ3) is 5.03. The van der Waals surface area contributed by atoms with Crippen LogP contribution in [0.3, 0.4) is 0 Å². The number of ether oxygens (including phenoxy) is 1. The van der Waals surface area contributed by atoms with E-state index in [0.717, 1.165) is 0 Å². The van der Waals surface area contributed by atoms with Crippen LogP contribution in [0.15, 0.2) is 0 Å². The van der Waals surface area contributed by atoms with Gasteiger partial charge in [0.15, 0.2) is 9.84 Å². The number of carbonyl (C=O) groups excluding carboxylic acids is 1. The Morgan fingerprint density at radius 3 is 2.55 bits per heavy atom. The molecule has 20 heavy (non-hydrogen) atoms. The normalized spacial score (nSPS) is 22.9. The van der Waals surface area contributed by atoms with Crippen molar-refractivity contribution in [3.05, 3.63) is 0 Å². The van der Waals surface area contributed by atoms with Crippen molar-refractivity contribution in [3.8, 4) is 0 Å². The average molecular weight is 306 g/mol. The Bertz CT molecular complexity index is 422. The molecule has 0 saturated carbocycles. The quantitative estimate of drug-likeness (QED) is 0.716. The van der Waals surface area contributed by atoms with Crippen molar-refractivity contribution in [2.75, 3.05) is 31.8 Å². The second-order valence-corrected chi connectivity index (χ2v) is 8.05. The molecule has 1 heterocycles. The second kappa shape index (κ2) is 7.38. The van der Waals surface area contributed by atoms with Crippen LogP contribution in [-0.4, -0.2) is 63.1 Å². The first-order chi connectivity index (χ1) is 9.26. The van der Waals surface area contributed by atoms with Crippen LogP contribution in [0, 0.1) is 5.92 Å². The van der Waals surface area contributed by atoms with Crippen LogP contribution in [0.25, 0.3) is 0 Å². The van der Waals surface area contributed by atoms with Gasteiger partial charge in [0.1, 0.15) is 0 Å². The lowest BCUT2D eigenvalue weighted by molar-refractivity contribution is -0.135. The standard InChI is InChI=1S/C13H26N2O4S/c1-10(2)8-12(14)13(16)15(5-6-19-3)11-4-7-20(17,18)9-11/h10-12H,4-9,14H2,1-3H3/t11?,12-/m1/s1. The molecular weight excluding hydrogens is 280 g/mol. The van der Waals surface area contributed by atoms with E-state index in [1.165, 1.54) is 0 Å². The van der Waals surface area contributed by atoms with E-state index in [9.17, 15) is 13.2 Å². The molecule has 1 aliphatic rings. The summed E-state index contributed by atoms with van der Waals surface area (Å²) in [4.78, 5) is 14.0. The maximum absolute atomic E-state index is 12.4. The van der Waals surface area contributed by atoms with Crippen LogP contribution in [-0.2, 0) is 19.4 Å². The second-order valence-electron chi connectivity index (χ2n) is 5.82. The summed E-state index contributed by atoms with van der Waals surface area (Å²) in [6.07, 6.45) is 1.09. The van der Waals surface area contributed by atoms with E-state index in [1.807, 2.05) is 13.8 Å². The van der Waals surface area contributed by atoms with E-state index in [0.29, 0.717) is 31.9 Å². The first kappa shape index (κ1) is 17.4. The zero-order valence-electron chi connectivity index (χ0n) is 12.5. The van der Waals surface area contributed by atoms with Gasteiger partial charge in [0.25, 0.3) is 0 Å². The van der Waals surface area contributed by atoms with Crippen molar-refractivity contribution in [2.24, 2.45) is 11.7 Å².